The molecule has 0 spiro atoms. The molecule has 0 aliphatic carbocycles. The summed E-state index contributed by atoms with van der Waals surface area (Å²) >= 11 is 0. The molecule has 1 aromatic heterocycles. The van der Waals surface area contributed by atoms with Gasteiger partial charge in [0.25, 0.3) is 0 Å². The van der Waals surface area contributed by atoms with E-state index in [9.17, 15) is 0 Å². The van der Waals surface area contributed by atoms with Gasteiger partial charge in [0, 0.05) is 37.3 Å². The van der Waals surface area contributed by atoms with Gasteiger partial charge in [-0.2, -0.15) is 5.10 Å². The van der Waals surface area contributed by atoms with Crippen molar-refractivity contribution in [1.82, 2.24) is 15.1 Å². The van der Waals surface area contributed by atoms with Crippen molar-refractivity contribution in [2.75, 3.05) is 19.8 Å². The van der Waals surface area contributed by atoms with E-state index in [0.29, 0.717) is 13.1 Å². The first-order valence-electron chi connectivity index (χ1n) is 5.42. The van der Waals surface area contributed by atoms with Gasteiger partial charge in [-0.15, -0.1) is 0 Å². The van der Waals surface area contributed by atoms with Crippen LogP contribution in [0.25, 0.3) is 0 Å². The molecule has 0 fully saturated rings. The van der Waals surface area contributed by atoms with E-state index in [2.05, 4.69) is 10.4 Å². The van der Waals surface area contributed by atoms with Crippen LogP contribution in [0, 0.1) is 12.3 Å². The van der Waals surface area contributed by atoms with E-state index >= 15 is 0 Å². The number of hydrogen-bond acceptors (Lipinski definition) is 4. The Labute approximate surface area is 96.1 Å². The Kier molecular flexibility index (Phi) is 4.46. The fourth-order valence-electron chi connectivity index (χ4n) is 1.48. The number of aliphatic hydroxyl groups excluding tert-OH is 2. The number of aliphatic hydroxyl groups is 2. The molecule has 0 aliphatic rings. The van der Waals surface area contributed by atoms with Crippen LogP contribution in [-0.4, -0.2) is 39.8 Å². The summed E-state index contributed by atoms with van der Waals surface area (Å²) in [5.74, 6) is 0. The molecule has 3 N–H and O–H groups in total. The second-order valence-corrected chi connectivity index (χ2v) is 4.64. The Morgan fingerprint density at radius 2 is 2.06 bits per heavy atom. The topological polar surface area (TPSA) is 70.3 Å². The fourth-order valence-corrected chi connectivity index (χ4v) is 1.48. The predicted octanol–water partition coefficient (Wildman–Crippen LogP) is -0.191. The van der Waals surface area contributed by atoms with Crippen molar-refractivity contribution in [1.29, 1.82) is 0 Å². The fraction of sp³-hybridized carbons (Fsp3) is 0.727. The summed E-state index contributed by atoms with van der Waals surface area (Å²) in [6.45, 7) is 5.04. The molecule has 1 aromatic rings. The van der Waals surface area contributed by atoms with Gasteiger partial charge in [0.05, 0.1) is 18.9 Å². The summed E-state index contributed by atoms with van der Waals surface area (Å²) in [6, 6.07) is 0. The number of aromatic nitrogens is 2. The Balaban J connectivity index is 2.44. The lowest BCUT2D eigenvalue weighted by molar-refractivity contribution is 0.0695. The van der Waals surface area contributed by atoms with Gasteiger partial charge in [0.2, 0.25) is 0 Å². The van der Waals surface area contributed by atoms with Crippen LogP contribution in [0.4, 0.5) is 0 Å². The standard InChI is InChI=1S/C11H21N3O2/c1-9-10(5-14(3)13-9)4-12-6-11(2,7-15)8-16/h5,12,15-16H,4,6-8H2,1-3H3. The third-order valence-electron chi connectivity index (χ3n) is 2.75. The molecule has 0 atom stereocenters. The van der Waals surface area contributed by atoms with Gasteiger partial charge in [0.15, 0.2) is 0 Å². The zero-order chi connectivity index (χ0) is 12.2. The molecule has 0 unspecified atom stereocenters. The van der Waals surface area contributed by atoms with E-state index in [0.717, 1.165) is 11.3 Å². The van der Waals surface area contributed by atoms with E-state index in [-0.39, 0.29) is 13.2 Å². The second-order valence-electron chi connectivity index (χ2n) is 4.64. The predicted molar refractivity (Wildman–Crippen MR) is 61.9 cm³/mol. The van der Waals surface area contributed by atoms with Crippen LogP contribution in [0.2, 0.25) is 0 Å². The van der Waals surface area contributed by atoms with Crippen molar-refractivity contribution < 1.29 is 10.2 Å². The molecule has 1 rings (SSSR count). The normalized spacial score (nSPS) is 12.1. The van der Waals surface area contributed by atoms with Crippen molar-refractivity contribution in [2.45, 2.75) is 20.4 Å². The minimum atomic E-state index is -0.462. The van der Waals surface area contributed by atoms with Crippen molar-refractivity contribution in [3.8, 4) is 0 Å². The minimum Gasteiger partial charge on any atom is -0.396 e. The lowest BCUT2D eigenvalue weighted by Gasteiger charge is -2.24. The van der Waals surface area contributed by atoms with Crippen LogP contribution in [0.1, 0.15) is 18.2 Å². The molecule has 0 aliphatic heterocycles. The monoisotopic (exact) mass is 227 g/mol. The van der Waals surface area contributed by atoms with Gasteiger partial charge < -0.3 is 15.5 Å². The molecule has 0 saturated heterocycles. The largest absolute Gasteiger partial charge is 0.396 e. The summed E-state index contributed by atoms with van der Waals surface area (Å²) in [5.41, 5.74) is 1.68. The highest BCUT2D eigenvalue weighted by molar-refractivity contribution is 5.14. The van der Waals surface area contributed by atoms with Crippen molar-refractivity contribution in [3.05, 3.63) is 17.5 Å². The van der Waals surface area contributed by atoms with Crippen LogP contribution >= 0.6 is 0 Å². The minimum absolute atomic E-state index is 0.0253. The maximum atomic E-state index is 9.12. The van der Waals surface area contributed by atoms with E-state index in [1.54, 1.807) is 4.68 Å². The smallest absolute Gasteiger partial charge is 0.0638 e. The molecule has 5 heteroatoms. The molecular weight excluding hydrogens is 206 g/mol. The first kappa shape index (κ1) is 13.2. The molecule has 0 aromatic carbocycles. The molecule has 1 heterocycles. The van der Waals surface area contributed by atoms with Crippen LogP contribution in [0.3, 0.4) is 0 Å². The van der Waals surface area contributed by atoms with Gasteiger partial charge in [0.1, 0.15) is 0 Å². The van der Waals surface area contributed by atoms with E-state index in [1.807, 2.05) is 27.1 Å². The van der Waals surface area contributed by atoms with Gasteiger partial charge in [-0.25, -0.2) is 0 Å². The van der Waals surface area contributed by atoms with Crippen LogP contribution in [0.15, 0.2) is 6.20 Å². The maximum Gasteiger partial charge on any atom is 0.0638 e. The molecule has 0 saturated carbocycles. The van der Waals surface area contributed by atoms with Crippen molar-refractivity contribution >= 4 is 0 Å². The summed E-state index contributed by atoms with van der Waals surface area (Å²) in [7, 11) is 1.89. The summed E-state index contributed by atoms with van der Waals surface area (Å²) in [5, 5.41) is 25.7. The Hall–Kier alpha value is -0.910. The lowest BCUT2D eigenvalue weighted by Crippen LogP contribution is -2.37. The molecule has 5 nitrogen and oxygen atoms in total. The van der Waals surface area contributed by atoms with Gasteiger partial charge >= 0.3 is 0 Å². The molecule has 0 radical (unpaired) electrons. The van der Waals surface area contributed by atoms with Gasteiger partial charge in [-0.3, -0.25) is 4.68 Å². The molecule has 0 amide bonds. The second kappa shape index (κ2) is 5.43. The first-order chi connectivity index (χ1) is 7.50. The van der Waals surface area contributed by atoms with Gasteiger partial charge in [-0.1, -0.05) is 6.92 Å². The third kappa shape index (κ3) is 3.30. The molecule has 0 bridgehead atoms. The Morgan fingerprint density at radius 3 is 2.50 bits per heavy atom. The molecular formula is C11H21N3O2. The first-order valence-corrected chi connectivity index (χ1v) is 5.42. The van der Waals surface area contributed by atoms with Crippen LogP contribution < -0.4 is 5.32 Å². The SMILES string of the molecule is Cc1nn(C)cc1CNCC(C)(CO)CO. The van der Waals surface area contributed by atoms with Gasteiger partial charge in [-0.05, 0) is 6.92 Å². The van der Waals surface area contributed by atoms with Crippen LogP contribution in [-0.2, 0) is 13.6 Å². The van der Waals surface area contributed by atoms with E-state index in [4.69, 9.17) is 10.2 Å². The highest BCUT2D eigenvalue weighted by Gasteiger charge is 2.21. The quantitative estimate of drug-likeness (QED) is 0.630. The highest BCUT2D eigenvalue weighted by atomic mass is 16.3. The highest BCUT2D eigenvalue weighted by Crippen LogP contribution is 2.12. The number of aryl methyl sites for hydroxylation is 2. The summed E-state index contributed by atoms with van der Waals surface area (Å²) in [6.07, 6.45) is 1.97. The van der Waals surface area contributed by atoms with Crippen molar-refractivity contribution in [2.24, 2.45) is 12.5 Å². The maximum absolute atomic E-state index is 9.12. The number of rotatable bonds is 6. The molecule has 16 heavy (non-hydrogen) atoms. The average molecular weight is 227 g/mol. The van der Waals surface area contributed by atoms with E-state index < -0.39 is 5.41 Å². The third-order valence-corrected chi connectivity index (χ3v) is 2.75. The Morgan fingerprint density at radius 1 is 1.44 bits per heavy atom. The lowest BCUT2D eigenvalue weighted by atomic mass is 9.93. The number of hydrogen-bond donors (Lipinski definition) is 3. The average Bonchev–Trinajstić information content (AvgIpc) is 2.57. The molecule has 92 valence electrons. The zero-order valence-corrected chi connectivity index (χ0v) is 10.2. The van der Waals surface area contributed by atoms with Crippen molar-refractivity contribution in [3.63, 3.8) is 0 Å². The number of nitrogens with zero attached hydrogens (tertiary/aromatic N) is 2. The summed E-state index contributed by atoms with van der Waals surface area (Å²) < 4.78 is 1.78. The van der Waals surface area contributed by atoms with E-state index in [1.165, 1.54) is 0 Å². The summed E-state index contributed by atoms with van der Waals surface area (Å²) in [4.78, 5) is 0. The number of nitrogens with one attached hydrogen (secondary N) is 1. The van der Waals surface area contributed by atoms with Crippen LogP contribution in [0.5, 0.6) is 0 Å². The Bertz CT molecular complexity index is 332. The zero-order valence-electron chi connectivity index (χ0n) is 10.2.